The minimum atomic E-state index is -2.23. The second-order valence-electron chi connectivity index (χ2n) is 10.5. The van der Waals surface area contributed by atoms with Crippen LogP contribution in [0.3, 0.4) is 0 Å². The molecule has 1 N–H and O–H groups in total. The molecule has 0 bridgehead atoms. The van der Waals surface area contributed by atoms with Gasteiger partial charge in [-0.25, -0.2) is 9.78 Å². The van der Waals surface area contributed by atoms with Crippen LogP contribution in [-0.4, -0.2) is 82.7 Å². The third-order valence-electron chi connectivity index (χ3n) is 7.89. The monoisotopic (exact) mass is 579 g/mol. The van der Waals surface area contributed by atoms with Gasteiger partial charge in [0.15, 0.2) is 23.2 Å². The number of ketones is 1. The number of Topliss-reactive ketones (excluding diaryl/α,β-unsaturated/α-hetero) is 1. The Morgan fingerprint density at radius 1 is 1.14 bits per heavy atom. The van der Waals surface area contributed by atoms with Crippen LogP contribution in [0, 0.1) is 23.0 Å². The summed E-state index contributed by atoms with van der Waals surface area (Å²) in [6, 6.07) is 8.98. The topological polar surface area (TPSA) is 177 Å². The lowest BCUT2D eigenvalue weighted by atomic mass is 9.71. The number of rotatable bonds is 7. The lowest BCUT2D eigenvalue weighted by molar-refractivity contribution is -0.384. The first-order chi connectivity index (χ1) is 20.0. The van der Waals surface area contributed by atoms with Gasteiger partial charge in [-0.2, -0.15) is 0 Å². The van der Waals surface area contributed by atoms with Crippen molar-refractivity contribution in [2.45, 2.75) is 50.6 Å². The van der Waals surface area contributed by atoms with Crippen molar-refractivity contribution >= 4 is 29.1 Å². The number of hydrogen-bond acceptors (Lipinski definition) is 12. The highest BCUT2D eigenvalue weighted by atomic mass is 16.6. The summed E-state index contributed by atoms with van der Waals surface area (Å²) in [4.78, 5) is 59.5. The summed E-state index contributed by atoms with van der Waals surface area (Å²) in [5.74, 6) is -4.38. The zero-order chi connectivity index (χ0) is 30.3. The molecule has 0 amide bonds. The molecule has 2 saturated heterocycles. The lowest BCUT2D eigenvalue weighted by Crippen LogP contribution is -2.53. The van der Waals surface area contributed by atoms with Crippen LogP contribution in [-0.2, 0) is 28.5 Å². The quantitative estimate of drug-likeness (QED) is 0.289. The first-order valence-corrected chi connectivity index (χ1v) is 13.2. The van der Waals surface area contributed by atoms with E-state index in [4.69, 9.17) is 18.9 Å². The number of benzene rings is 1. The summed E-state index contributed by atoms with van der Waals surface area (Å²) in [5.41, 5.74) is -0.918. The number of non-ortho nitro benzene ring substituents is 1. The molecule has 13 nitrogen and oxygen atoms in total. The number of aliphatic hydroxyl groups is 1. The predicted octanol–water partition coefficient (Wildman–Crippen LogP) is 2.24. The largest absolute Gasteiger partial charge is 0.468 e. The number of aliphatic imine (C=N–C) groups is 1. The van der Waals surface area contributed by atoms with Gasteiger partial charge in [-0.15, -0.1) is 0 Å². The molecule has 2 aromatic rings. The number of aryl methyl sites for hydroxylation is 1. The van der Waals surface area contributed by atoms with Crippen LogP contribution in [0.25, 0.3) is 0 Å². The zero-order valence-corrected chi connectivity index (χ0v) is 23.3. The molecule has 6 atom stereocenters. The molecule has 4 heterocycles. The SMILES string of the molecule is COC(=O)C1C(C)=NC(C)=C(C(=O)[C@@]2(O)CO[C@@H]3[C@@H](OC(=O)c4ncccc4C)CO[C@@H]32)C1c1cccc([N+](=O)[O-])c1. The average molecular weight is 580 g/mol. The van der Waals surface area contributed by atoms with Crippen molar-refractivity contribution in [1.82, 2.24) is 4.98 Å². The summed E-state index contributed by atoms with van der Waals surface area (Å²) < 4.78 is 22.2. The number of nitro groups is 1. The molecule has 3 aliphatic rings. The fourth-order valence-electron chi connectivity index (χ4n) is 5.87. The van der Waals surface area contributed by atoms with Crippen molar-refractivity contribution in [1.29, 1.82) is 0 Å². The van der Waals surface area contributed by atoms with E-state index in [0.717, 1.165) is 0 Å². The third kappa shape index (κ3) is 4.89. The third-order valence-corrected chi connectivity index (χ3v) is 7.89. The first-order valence-electron chi connectivity index (χ1n) is 13.2. The van der Waals surface area contributed by atoms with Gasteiger partial charge >= 0.3 is 11.9 Å². The molecule has 2 fully saturated rings. The normalized spacial score (nSPS) is 28.6. The van der Waals surface area contributed by atoms with Crippen molar-refractivity contribution in [3.63, 3.8) is 0 Å². The summed E-state index contributed by atoms with van der Waals surface area (Å²) in [7, 11) is 1.19. The molecule has 42 heavy (non-hydrogen) atoms. The van der Waals surface area contributed by atoms with Crippen LogP contribution in [0.2, 0.25) is 0 Å². The van der Waals surface area contributed by atoms with E-state index >= 15 is 0 Å². The summed E-state index contributed by atoms with van der Waals surface area (Å²) >= 11 is 0. The van der Waals surface area contributed by atoms with E-state index < -0.39 is 65.0 Å². The maximum absolute atomic E-state index is 14.3. The Bertz CT molecular complexity index is 1540. The van der Waals surface area contributed by atoms with Gasteiger partial charge in [0, 0.05) is 41.2 Å². The Labute approximate surface area is 240 Å². The van der Waals surface area contributed by atoms with Gasteiger partial charge in [-0.3, -0.25) is 24.7 Å². The Balaban J connectivity index is 1.48. The van der Waals surface area contributed by atoms with Crippen molar-refractivity contribution < 1.29 is 43.4 Å². The molecule has 220 valence electrons. The van der Waals surface area contributed by atoms with Crippen molar-refractivity contribution in [3.8, 4) is 0 Å². The summed E-state index contributed by atoms with van der Waals surface area (Å²) in [5, 5.41) is 23.4. The number of nitrogens with zero attached hydrogens (tertiary/aromatic N) is 3. The second-order valence-corrected chi connectivity index (χ2v) is 10.5. The number of allylic oxidation sites excluding steroid dienone is 1. The highest BCUT2D eigenvalue weighted by Gasteiger charge is 2.62. The molecular weight excluding hydrogens is 550 g/mol. The van der Waals surface area contributed by atoms with Gasteiger partial charge in [-0.1, -0.05) is 18.2 Å². The van der Waals surface area contributed by atoms with Gasteiger partial charge in [0.25, 0.3) is 5.69 Å². The summed E-state index contributed by atoms with van der Waals surface area (Å²) in [6.45, 7) is 4.24. The van der Waals surface area contributed by atoms with Crippen molar-refractivity contribution in [2.24, 2.45) is 10.9 Å². The molecular formula is C29H29N3O10. The van der Waals surface area contributed by atoms with Crippen LogP contribution < -0.4 is 0 Å². The number of methoxy groups -OCH3 is 1. The minimum absolute atomic E-state index is 0.0311. The van der Waals surface area contributed by atoms with Crippen molar-refractivity contribution in [2.75, 3.05) is 20.3 Å². The standard InChI is InChI=1S/C29H29N3O10/c1-14-7-6-10-30-23(14)28(35)42-19-12-40-26-24(19)41-13-29(26,36)25(33)20-15(2)31-16(3)21(27(34)39-4)22(20)17-8-5-9-18(11-17)32(37)38/h5-11,19,21-22,24,26,36H,12-13H2,1-4H3/t19-,21?,22?,24+,26-,29-/m0/s1. The van der Waals surface area contributed by atoms with Gasteiger partial charge in [0.05, 0.1) is 25.2 Å². The molecule has 5 rings (SSSR count). The fraction of sp³-hybridized carbons (Fsp3) is 0.414. The Morgan fingerprint density at radius 3 is 2.60 bits per heavy atom. The number of carbonyl (C=O) groups is 3. The van der Waals surface area contributed by atoms with Gasteiger partial charge in [0.1, 0.15) is 18.1 Å². The van der Waals surface area contributed by atoms with E-state index in [-0.39, 0.29) is 29.3 Å². The van der Waals surface area contributed by atoms with Crippen LogP contribution in [0.5, 0.6) is 0 Å². The maximum atomic E-state index is 14.3. The number of hydrogen-bond donors (Lipinski definition) is 1. The van der Waals surface area contributed by atoms with Gasteiger partial charge < -0.3 is 24.1 Å². The Hall–Kier alpha value is -4.33. The molecule has 0 radical (unpaired) electrons. The highest BCUT2D eigenvalue weighted by Crippen LogP contribution is 2.45. The molecule has 0 saturated carbocycles. The molecule has 0 aliphatic carbocycles. The molecule has 1 aromatic carbocycles. The highest BCUT2D eigenvalue weighted by molar-refractivity contribution is 6.11. The van der Waals surface area contributed by atoms with E-state index in [9.17, 15) is 29.6 Å². The van der Waals surface area contributed by atoms with E-state index in [1.54, 1.807) is 39.0 Å². The number of ether oxygens (including phenoxy) is 4. The number of pyridine rings is 1. The fourth-order valence-corrected chi connectivity index (χ4v) is 5.87. The van der Waals surface area contributed by atoms with Gasteiger partial charge in [-0.05, 0) is 38.0 Å². The number of fused-ring (bicyclic) bond motifs is 1. The molecule has 13 heteroatoms. The lowest BCUT2D eigenvalue weighted by Gasteiger charge is -2.35. The van der Waals surface area contributed by atoms with Crippen LogP contribution >= 0.6 is 0 Å². The summed E-state index contributed by atoms with van der Waals surface area (Å²) in [6.07, 6.45) is -1.63. The minimum Gasteiger partial charge on any atom is -0.468 e. The number of aromatic nitrogens is 1. The van der Waals surface area contributed by atoms with E-state index in [1.807, 2.05) is 0 Å². The molecule has 3 aliphatic heterocycles. The number of esters is 2. The first kappa shape index (κ1) is 29.2. The maximum Gasteiger partial charge on any atom is 0.357 e. The number of nitro benzene ring substituents is 1. The van der Waals surface area contributed by atoms with E-state index in [0.29, 0.717) is 16.8 Å². The van der Waals surface area contributed by atoms with Crippen LogP contribution in [0.4, 0.5) is 5.69 Å². The Kier molecular flexibility index (Phi) is 7.75. The second kappa shape index (κ2) is 11.2. The van der Waals surface area contributed by atoms with Crippen molar-refractivity contribution in [3.05, 3.63) is 80.8 Å². The molecule has 2 unspecified atom stereocenters. The zero-order valence-electron chi connectivity index (χ0n) is 23.3. The van der Waals surface area contributed by atoms with Crippen LogP contribution in [0.1, 0.15) is 41.4 Å². The molecule has 0 spiro atoms. The van der Waals surface area contributed by atoms with Gasteiger partial charge in [0.2, 0.25) is 0 Å². The average Bonchev–Trinajstić information content (AvgIpc) is 3.53. The van der Waals surface area contributed by atoms with E-state index in [2.05, 4.69) is 9.98 Å². The predicted molar refractivity (Wildman–Crippen MR) is 145 cm³/mol. The van der Waals surface area contributed by atoms with E-state index in [1.165, 1.54) is 31.5 Å². The van der Waals surface area contributed by atoms with Crippen LogP contribution in [0.15, 0.2) is 58.9 Å². The Morgan fingerprint density at radius 2 is 1.90 bits per heavy atom. The number of carbonyl (C=O) groups excluding carboxylic acids is 3. The smallest absolute Gasteiger partial charge is 0.357 e. The molecule has 1 aromatic heterocycles.